The van der Waals surface area contributed by atoms with Crippen molar-refractivity contribution in [1.29, 1.82) is 0 Å². The molecule has 1 aromatic carbocycles. The van der Waals surface area contributed by atoms with Gasteiger partial charge >= 0.3 is 6.18 Å². The van der Waals surface area contributed by atoms with Gasteiger partial charge in [0.1, 0.15) is 0 Å². The molecule has 0 fully saturated rings. The Morgan fingerprint density at radius 3 is 2.38 bits per heavy atom. The first-order valence-corrected chi connectivity index (χ1v) is 5.04. The van der Waals surface area contributed by atoms with Crippen LogP contribution in [-0.4, -0.2) is 11.7 Å². The maximum Gasteiger partial charge on any atom is 0.416 e. The van der Waals surface area contributed by atoms with Crippen LogP contribution in [0.25, 0.3) is 0 Å². The van der Waals surface area contributed by atoms with E-state index in [0.717, 1.165) is 0 Å². The van der Waals surface area contributed by atoms with Gasteiger partial charge in [0.15, 0.2) is 0 Å². The second-order valence-electron chi connectivity index (χ2n) is 3.63. The minimum Gasteiger partial charge on any atom is -0.395 e. The van der Waals surface area contributed by atoms with Crippen molar-refractivity contribution in [3.63, 3.8) is 0 Å². The van der Waals surface area contributed by atoms with Gasteiger partial charge in [0.05, 0.1) is 12.2 Å². The van der Waals surface area contributed by atoms with Crippen LogP contribution in [-0.2, 0) is 12.6 Å². The minimum atomic E-state index is -4.38. The molecule has 1 radical (unpaired) electrons. The molecule has 0 bridgehead atoms. The Bertz CT molecular complexity index is 358. The third-order valence-corrected chi connectivity index (χ3v) is 2.51. The minimum absolute atomic E-state index is 0.0920. The number of benzene rings is 1. The standard InChI is InChI=1S/C12H14F3O/c1-3-9-5-4-6-10(8(2)7-16)11(9)12(13,14)15/h4-6,16H,3,7H2,1-2H3. The van der Waals surface area contributed by atoms with Gasteiger partial charge in [0.25, 0.3) is 0 Å². The molecule has 4 heteroatoms. The monoisotopic (exact) mass is 231 g/mol. The normalized spacial score (nSPS) is 12.2. The van der Waals surface area contributed by atoms with E-state index in [1.54, 1.807) is 13.0 Å². The molecule has 0 unspecified atom stereocenters. The lowest BCUT2D eigenvalue weighted by molar-refractivity contribution is -0.138. The Labute approximate surface area is 92.9 Å². The van der Waals surface area contributed by atoms with Gasteiger partial charge in [-0.25, -0.2) is 0 Å². The third kappa shape index (κ3) is 2.55. The number of aliphatic hydroxyl groups excluding tert-OH is 1. The first-order chi connectivity index (χ1) is 7.41. The Morgan fingerprint density at radius 2 is 1.94 bits per heavy atom. The Balaban J connectivity index is 3.38. The number of hydrogen-bond acceptors (Lipinski definition) is 1. The summed E-state index contributed by atoms with van der Waals surface area (Å²) >= 11 is 0. The molecule has 1 rings (SSSR count). The van der Waals surface area contributed by atoms with E-state index in [1.165, 1.54) is 19.1 Å². The molecule has 1 N–H and O–H groups in total. The molecular weight excluding hydrogens is 217 g/mol. The highest BCUT2D eigenvalue weighted by Gasteiger charge is 2.36. The molecule has 0 atom stereocenters. The van der Waals surface area contributed by atoms with Crippen LogP contribution in [0.1, 0.15) is 30.5 Å². The SMILES string of the molecule is CCc1cccc([C](C)CO)c1C(F)(F)F. The van der Waals surface area contributed by atoms with Crippen molar-refractivity contribution in [3.05, 3.63) is 40.8 Å². The zero-order valence-corrected chi connectivity index (χ0v) is 9.23. The summed E-state index contributed by atoms with van der Waals surface area (Å²) in [7, 11) is 0. The van der Waals surface area contributed by atoms with Crippen molar-refractivity contribution in [2.75, 3.05) is 6.61 Å². The van der Waals surface area contributed by atoms with E-state index in [4.69, 9.17) is 5.11 Å². The highest BCUT2D eigenvalue weighted by molar-refractivity contribution is 5.44. The van der Waals surface area contributed by atoms with Crippen LogP contribution in [0.4, 0.5) is 13.2 Å². The van der Waals surface area contributed by atoms with Crippen molar-refractivity contribution < 1.29 is 18.3 Å². The first-order valence-electron chi connectivity index (χ1n) is 5.04. The summed E-state index contributed by atoms with van der Waals surface area (Å²) in [6.45, 7) is 2.82. The van der Waals surface area contributed by atoms with Crippen LogP contribution >= 0.6 is 0 Å². The van der Waals surface area contributed by atoms with Gasteiger partial charge in [0, 0.05) is 5.92 Å². The van der Waals surface area contributed by atoms with Crippen LogP contribution in [0.5, 0.6) is 0 Å². The summed E-state index contributed by atoms with van der Waals surface area (Å²) in [6, 6.07) is 4.45. The molecule has 0 aliphatic heterocycles. The highest BCUT2D eigenvalue weighted by Crippen LogP contribution is 2.37. The molecule has 0 aliphatic rings. The van der Waals surface area contributed by atoms with Gasteiger partial charge in [-0.2, -0.15) is 13.2 Å². The molecule has 0 spiro atoms. The predicted octanol–water partition coefficient (Wildman–Crippen LogP) is 3.20. The Kier molecular flexibility index (Phi) is 3.97. The van der Waals surface area contributed by atoms with Crippen molar-refractivity contribution in [3.8, 4) is 0 Å². The summed E-state index contributed by atoms with van der Waals surface area (Å²) in [4.78, 5) is 0. The number of rotatable bonds is 3. The average molecular weight is 231 g/mol. The summed E-state index contributed by atoms with van der Waals surface area (Å²) in [5.41, 5.74) is -0.267. The smallest absolute Gasteiger partial charge is 0.395 e. The third-order valence-electron chi connectivity index (χ3n) is 2.51. The number of alkyl halides is 3. The van der Waals surface area contributed by atoms with Gasteiger partial charge < -0.3 is 5.11 Å². The number of hydrogen-bond donors (Lipinski definition) is 1. The fraction of sp³-hybridized carbons (Fsp3) is 0.417. The number of aryl methyl sites for hydroxylation is 1. The molecule has 0 aliphatic carbocycles. The van der Waals surface area contributed by atoms with Gasteiger partial charge in [-0.15, -0.1) is 0 Å². The Hall–Kier alpha value is -1.03. The van der Waals surface area contributed by atoms with Crippen molar-refractivity contribution in [2.45, 2.75) is 26.4 Å². The van der Waals surface area contributed by atoms with Gasteiger partial charge in [-0.1, -0.05) is 32.0 Å². The van der Waals surface area contributed by atoms with Crippen molar-refractivity contribution in [2.24, 2.45) is 0 Å². The van der Waals surface area contributed by atoms with E-state index in [9.17, 15) is 13.2 Å². The Morgan fingerprint density at radius 1 is 1.31 bits per heavy atom. The zero-order chi connectivity index (χ0) is 12.3. The molecule has 0 amide bonds. The van der Waals surface area contributed by atoms with E-state index in [1.807, 2.05) is 0 Å². The molecule has 0 aromatic heterocycles. The van der Waals surface area contributed by atoms with Crippen molar-refractivity contribution in [1.82, 2.24) is 0 Å². The maximum absolute atomic E-state index is 12.9. The van der Waals surface area contributed by atoms with Crippen LogP contribution in [0.3, 0.4) is 0 Å². The summed E-state index contributed by atoms with van der Waals surface area (Å²) < 4.78 is 38.7. The lowest BCUT2D eigenvalue weighted by Crippen LogP contribution is -2.15. The topological polar surface area (TPSA) is 20.2 Å². The van der Waals surface area contributed by atoms with Gasteiger partial charge in [0.2, 0.25) is 0 Å². The van der Waals surface area contributed by atoms with Crippen LogP contribution in [0.15, 0.2) is 18.2 Å². The second kappa shape index (κ2) is 4.87. The lowest BCUT2D eigenvalue weighted by atomic mass is 9.91. The zero-order valence-electron chi connectivity index (χ0n) is 9.23. The fourth-order valence-corrected chi connectivity index (χ4v) is 1.67. The van der Waals surface area contributed by atoms with E-state index in [2.05, 4.69) is 0 Å². The molecule has 89 valence electrons. The number of halogens is 3. The van der Waals surface area contributed by atoms with E-state index < -0.39 is 11.7 Å². The molecular formula is C12H14F3O. The number of aliphatic hydroxyl groups is 1. The second-order valence-corrected chi connectivity index (χ2v) is 3.63. The summed E-state index contributed by atoms with van der Waals surface area (Å²) in [5, 5.41) is 8.94. The molecule has 0 saturated carbocycles. The maximum atomic E-state index is 12.9. The molecule has 16 heavy (non-hydrogen) atoms. The van der Waals surface area contributed by atoms with Crippen LogP contribution in [0, 0.1) is 5.92 Å². The van der Waals surface area contributed by atoms with Crippen LogP contribution < -0.4 is 0 Å². The van der Waals surface area contributed by atoms with E-state index in [-0.39, 0.29) is 17.7 Å². The average Bonchev–Trinajstić information content (AvgIpc) is 2.25. The molecule has 1 aromatic rings. The van der Waals surface area contributed by atoms with Gasteiger partial charge in [-0.3, -0.25) is 0 Å². The first kappa shape index (κ1) is 13.0. The quantitative estimate of drug-likeness (QED) is 0.846. The fourth-order valence-electron chi connectivity index (χ4n) is 1.67. The van der Waals surface area contributed by atoms with Crippen molar-refractivity contribution >= 4 is 0 Å². The van der Waals surface area contributed by atoms with Crippen LogP contribution in [0.2, 0.25) is 0 Å². The summed E-state index contributed by atoms with van der Waals surface area (Å²) in [6.07, 6.45) is -4.06. The molecule has 1 nitrogen and oxygen atoms in total. The molecule has 0 heterocycles. The van der Waals surface area contributed by atoms with E-state index >= 15 is 0 Å². The van der Waals surface area contributed by atoms with E-state index in [0.29, 0.717) is 12.3 Å². The lowest BCUT2D eigenvalue weighted by Gasteiger charge is -2.19. The molecule has 0 saturated heterocycles. The highest BCUT2D eigenvalue weighted by atomic mass is 19.4. The largest absolute Gasteiger partial charge is 0.416 e. The summed E-state index contributed by atoms with van der Waals surface area (Å²) in [5.74, 6) is 0.336. The van der Waals surface area contributed by atoms with Gasteiger partial charge in [-0.05, 0) is 17.5 Å². The predicted molar refractivity (Wildman–Crippen MR) is 55.9 cm³/mol.